The van der Waals surface area contributed by atoms with Gasteiger partial charge in [0.15, 0.2) is 0 Å². The monoisotopic (exact) mass is 319 g/mol. The molecule has 3 rings (SSSR count). The Morgan fingerprint density at radius 3 is 2.61 bits per heavy atom. The summed E-state index contributed by atoms with van der Waals surface area (Å²) in [6.45, 7) is -0.216. The third-order valence-corrected chi connectivity index (χ3v) is 3.51. The molecular weight excluding hydrogens is 307 g/mol. The minimum Gasteiger partial charge on any atom is -0.399 e. The number of hydrogen-bond acceptors (Lipinski definition) is 3. The standard InChI is InChI=1S/C16H12F3N3O/c17-16(18,19)13-4-2-1-3-10(13)8-22-9-21-14-6-5-11(20)7-12(14)15(22)23/h1-7,9H,8,20H2. The van der Waals surface area contributed by atoms with E-state index in [9.17, 15) is 18.0 Å². The SMILES string of the molecule is Nc1ccc2ncn(Cc3ccccc3C(F)(F)F)c(=O)c2c1. The average Bonchev–Trinajstić information content (AvgIpc) is 2.50. The number of anilines is 1. The molecule has 0 aliphatic carbocycles. The lowest BCUT2D eigenvalue weighted by Gasteiger charge is -2.14. The maximum Gasteiger partial charge on any atom is 0.416 e. The van der Waals surface area contributed by atoms with E-state index in [0.29, 0.717) is 11.2 Å². The summed E-state index contributed by atoms with van der Waals surface area (Å²) in [5, 5.41) is 0.275. The first-order chi connectivity index (χ1) is 10.9. The van der Waals surface area contributed by atoms with Gasteiger partial charge in [0.05, 0.1) is 29.3 Å². The molecule has 1 heterocycles. The van der Waals surface area contributed by atoms with Crippen molar-refractivity contribution in [1.82, 2.24) is 9.55 Å². The third kappa shape index (κ3) is 2.90. The van der Waals surface area contributed by atoms with Crippen molar-refractivity contribution in [2.75, 3.05) is 5.73 Å². The number of fused-ring (bicyclic) bond motifs is 1. The van der Waals surface area contributed by atoms with E-state index in [4.69, 9.17) is 5.73 Å². The Morgan fingerprint density at radius 2 is 1.87 bits per heavy atom. The summed E-state index contributed by atoms with van der Waals surface area (Å²) in [5.74, 6) is 0. The smallest absolute Gasteiger partial charge is 0.399 e. The van der Waals surface area contributed by atoms with Crippen molar-refractivity contribution in [2.45, 2.75) is 12.7 Å². The second-order valence-electron chi connectivity index (χ2n) is 5.11. The van der Waals surface area contributed by atoms with Crippen LogP contribution in [0.2, 0.25) is 0 Å². The quantitative estimate of drug-likeness (QED) is 0.739. The maximum absolute atomic E-state index is 13.0. The van der Waals surface area contributed by atoms with E-state index < -0.39 is 17.3 Å². The fourth-order valence-electron chi connectivity index (χ4n) is 2.41. The van der Waals surface area contributed by atoms with Crippen LogP contribution in [0, 0.1) is 0 Å². The number of nitrogens with zero attached hydrogens (tertiary/aromatic N) is 2. The molecule has 0 saturated heterocycles. The van der Waals surface area contributed by atoms with Crippen LogP contribution in [0.3, 0.4) is 0 Å². The molecule has 0 spiro atoms. The van der Waals surface area contributed by atoms with Crippen LogP contribution < -0.4 is 11.3 Å². The number of halogens is 3. The second kappa shape index (κ2) is 5.42. The Hall–Kier alpha value is -2.83. The van der Waals surface area contributed by atoms with E-state index in [1.165, 1.54) is 30.6 Å². The summed E-state index contributed by atoms with van der Waals surface area (Å²) in [6, 6.07) is 9.83. The van der Waals surface area contributed by atoms with Crippen LogP contribution in [-0.4, -0.2) is 9.55 Å². The fraction of sp³-hybridized carbons (Fsp3) is 0.125. The lowest BCUT2D eigenvalue weighted by molar-refractivity contribution is -0.138. The normalized spacial score (nSPS) is 11.8. The zero-order valence-corrected chi connectivity index (χ0v) is 11.8. The van der Waals surface area contributed by atoms with Crippen LogP contribution in [0.1, 0.15) is 11.1 Å². The van der Waals surface area contributed by atoms with Crippen molar-refractivity contribution < 1.29 is 13.2 Å². The molecule has 3 aromatic rings. The molecule has 118 valence electrons. The van der Waals surface area contributed by atoms with E-state index in [1.54, 1.807) is 12.1 Å². The van der Waals surface area contributed by atoms with Crippen LogP contribution in [-0.2, 0) is 12.7 Å². The van der Waals surface area contributed by atoms with E-state index in [1.807, 2.05) is 0 Å². The van der Waals surface area contributed by atoms with Gasteiger partial charge >= 0.3 is 6.18 Å². The highest BCUT2D eigenvalue weighted by molar-refractivity contribution is 5.80. The van der Waals surface area contributed by atoms with Crippen molar-refractivity contribution in [1.29, 1.82) is 0 Å². The molecule has 0 aliphatic heterocycles. The van der Waals surface area contributed by atoms with Gasteiger partial charge in [-0.05, 0) is 29.8 Å². The summed E-state index contributed by atoms with van der Waals surface area (Å²) >= 11 is 0. The van der Waals surface area contributed by atoms with Gasteiger partial charge in [0.25, 0.3) is 5.56 Å². The minimum atomic E-state index is -4.48. The van der Waals surface area contributed by atoms with E-state index in [-0.39, 0.29) is 17.5 Å². The fourth-order valence-corrected chi connectivity index (χ4v) is 2.41. The summed E-state index contributed by atoms with van der Waals surface area (Å²) in [5.41, 5.74) is 5.31. The van der Waals surface area contributed by atoms with Gasteiger partial charge in [-0.15, -0.1) is 0 Å². The highest BCUT2D eigenvalue weighted by Gasteiger charge is 2.32. The Kier molecular flexibility index (Phi) is 3.55. The number of aromatic nitrogens is 2. The first-order valence-corrected chi connectivity index (χ1v) is 6.76. The molecule has 1 aromatic heterocycles. The third-order valence-electron chi connectivity index (χ3n) is 3.51. The van der Waals surface area contributed by atoms with Crippen molar-refractivity contribution in [3.05, 3.63) is 70.3 Å². The van der Waals surface area contributed by atoms with Crippen molar-refractivity contribution in [2.24, 2.45) is 0 Å². The molecule has 0 amide bonds. The van der Waals surface area contributed by atoms with Crippen molar-refractivity contribution in [3.8, 4) is 0 Å². The Labute approximate surface area is 129 Å². The van der Waals surface area contributed by atoms with Crippen LogP contribution in [0.4, 0.5) is 18.9 Å². The number of benzene rings is 2. The predicted octanol–water partition coefficient (Wildman–Crippen LogP) is 3.05. The molecular formula is C16H12F3N3O. The van der Waals surface area contributed by atoms with Crippen molar-refractivity contribution >= 4 is 16.6 Å². The van der Waals surface area contributed by atoms with E-state index in [2.05, 4.69) is 4.98 Å². The largest absolute Gasteiger partial charge is 0.416 e. The Bertz CT molecular complexity index is 932. The van der Waals surface area contributed by atoms with Gasteiger partial charge in [0.1, 0.15) is 0 Å². The van der Waals surface area contributed by atoms with Crippen LogP contribution in [0.5, 0.6) is 0 Å². The Morgan fingerprint density at radius 1 is 1.13 bits per heavy atom. The van der Waals surface area contributed by atoms with Crippen LogP contribution in [0.25, 0.3) is 10.9 Å². The summed E-state index contributed by atoms with van der Waals surface area (Å²) < 4.78 is 40.3. The lowest BCUT2D eigenvalue weighted by atomic mass is 10.1. The zero-order valence-electron chi connectivity index (χ0n) is 11.8. The maximum atomic E-state index is 13.0. The van der Waals surface area contributed by atoms with Gasteiger partial charge < -0.3 is 5.73 Å². The summed E-state index contributed by atoms with van der Waals surface area (Å²) in [6.07, 6.45) is -3.23. The molecule has 0 radical (unpaired) electrons. The second-order valence-corrected chi connectivity index (χ2v) is 5.11. The van der Waals surface area contributed by atoms with Gasteiger partial charge in [0.2, 0.25) is 0 Å². The van der Waals surface area contributed by atoms with Gasteiger partial charge in [-0.3, -0.25) is 9.36 Å². The molecule has 7 heteroatoms. The first kappa shape index (κ1) is 15.1. The summed E-state index contributed by atoms with van der Waals surface area (Å²) in [4.78, 5) is 16.5. The molecule has 4 nitrogen and oxygen atoms in total. The highest BCUT2D eigenvalue weighted by Crippen LogP contribution is 2.32. The van der Waals surface area contributed by atoms with Gasteiger partial charge in [-0.2, -0.15) is 13.2 Å². The molecule has 2 aromatic carbocycles. The molecule has 23 heavy (non-hydrogen) atoms. The first-order valence-electron chi connectivity index (χ1n) is 6.76. The average molecular weight is 319 g/mol. The molecule has 0 bridgehead atoms. The predicted molar refractivity (Wildman–Crippen MR) is 81.0 cm³/mol. The topological polar surface area (TPSA) is 60.9 Å². The molecule has 0 aliphatic rings. The van der Waals surface area contributed by atoms with Gasteiger partial charge in [0, 0.05) is 5.69 Å². The van der Waals surface area contributed by atoms with E-state index in [0.717, 1.165) is 10.6 Å². The molecule has 2 N–H and O–H groups in total. The van der Waals surface area contributed by atoms with Crippen LogP contribution >= 0.6 is 0 Å². The van der Waals surface area contributed by atoms with Crippen LogP contribution in [0.15, 0.2) is 53.6 Å². The number of nitrogens with two attached hydrogens (primary N) is 1. The molecule has 0 unspecified atom stereocenters. The summed E-state index contributed by atoms with van der Waals surface area (Å²) in [7, 11) is 0. The van der Waals surface area contributed by atoms with E-state index >= 15 is 0 Å². The molecule has 0 fully saturated rings. The number of rotatable bonds is 2. The minimum absolute atomic E-state index is 0.00662. The molecule has 0 atom stereocenters. The highest BCUT2D eigenvalue weighted by atomic mass is 19.4. The molecule has 0 saturated carbocycles. The Balaban J connectivity index is 2.10. The van der Waals surface area contributed by atoms with Gasteiger partial charge in [-0.1, -0.05) is 18.2 Å². The number of alkyl halides is 3. The zero-order chi connectivity index (χ0) is 16.6. The lowest BCUT2D eigenvalue weighted by Crippen LogP contribution is -2.22. The number of hydrogen-bond donors (Lipinski definition) is 1. The number of nitrogen functional groups attached to an aromatic ring is 1. The van der Waals surface area contributed by atoms with Crippen molar-refractivity contribution in [3.63, 3.8) is 0 Å². The van der Waals surface area contributed by atoms with Gasteiger partial charge in [-0.25, -0.2) is 4.98 Å².